The number of ketones is 1. The standard InChI is InChI=1S/C20H20N4OS/c1-14-6-8-16(9-7-14)13-24-11-10-19(23-24)22-20(26)21-18-5-3-4-17(12-18)15(2)25/h3-12H,13H2,1-2H3,(H2,21,22,23,26). The summed E-state index contributed by atoms with van der Waals surface area (Å²) >= 11 is 5.32. The number of anilines is 2. The van der Waals surface area contributed by atoms with Crippen molar-refractivity contribution >= 4 is 34.6 Å². The van der Waals surface area contributed by atoms with E-state index in [2.05, 4.69) is 46.9 Å². The third-order valence-corrected chi connectivity index (χ3v) is 4.08. The van der Waals surface area contributed by atoms with Gasteiger partial charge in [0.15, 0.2) is 16.7 Å². The summed E-state index contributed by atoms with van der Waals surface area (Å²) in [5.74, 6) is 0.680. The summed E-state index contributed by atoms with van der Waals surface area (Å²) in [6, 6.07) is 17.5. The Balaban J connectivity index is 1.60. The van der Waals surface area contributed by atoms with Gasteiger partial charge >= 0.3 is 0 Å². The number of nitrogens with one attached hydrogen (secondary N) is 2. The molecule has 0 fully saturated rings. The average molecular weight is 364 g/mol. The molecular weight excluding hydrogens is 344 g/mol. The highest BCUT2D eigenvalue weighted by Crippen LogP contribution is 2.13. The number of hydrogen-bond acceptors (Lipinski definition) is 3. The van der Waals surface area contributed by atoms with Gasteiger partial charge < -0.3 is 10.6 Å². The van der Waals surface area contributed by atoms with Crippen molar-refractivity contribution in [1.29, 1.82) is 0 Å². The Bertz CT molecular complexity index is 931. The van der Waals surface area contributed by atoms with Crippen LogP contribution in [0.2, 0.25) is 0 Å². The molecule has 0 saturated carbocycles. The van der Waals surface area contributed by atoms with Crippen LogP contribution in [0, 0.1) is 6.92 Å². The Kier molecular flexibility index (Phi) is 5.43. The maximum atomic E-state index is 11.5. The van der Waals surface area contributed by atoms with Crippen molar-refractivity contribution in [3.8, 4) is 0 Å². The van der Waals surface area contributed by atoms with E-state index in [1.165, 1.54) is 18.1 Å². The number of Topliss-reactive ketones (excluding diaryl/α,β-unsaturated/α-hetero) is 1. The van der Waals surface area contributed by atoms with Gasteiger partial charge in [0, 0.05) is 23.5 Å². The lowest BCUT2D eigenvalue weighted by atomic mass is 10.1. The summed E-state index contributed by atoms with van der Waals surface area (Å²) in [5, 5.41) is 11.0. The first-order chi connectivity index (χ1) is 12.5. The second-order valence-corrected chi connectivity index (χ2v) is 6.51. The molecule has 0 radical (unpaired) electrons. The molecule has 1 aromatic heterocycles. The van der Waals surface area contributed by atoms with Crippen molar-refractivity contribution in [2.45, 2.75) is 20.4 Å². The van der Waals surface area contributed by atoms with Crippen LogP contribution in [0.3, 0.4) is 0 Å². The SMILES string of the molecule is CC(=O)c1cccc(NC(=S)Nc2ccn(Cc3ccc(C)cc3)n2)c1. The molecule has 6 heteroatoms. The van der Waals surface area contributed by atoms with Crippen LogP contribution in [0.4, 0.5) is 11.5 Å². The van der Waals surface area contributed by atoms with Crippen LogP contribution < -0.4 is 10.6 Å². The van der Waals surface area contributed by atoms with Crippen LogP contribution in [0.5, 0.6) is 0 Å². The lowest BCUT2D eigenvalue weighted by Gasteiger charge is -2.09. The molecule has 0 spiro atoms. The van der Waals surface area contributed by atoms with Gasteiger partial charge in [-0.1, -0.05) is 42.0 Å². The van der Waals surface area contributed by atoms with Crippen molar-refractivity contribution < 1.29 is 4.79 Å². The van der Waals surface area contributed by atoms with E-state index in [-0.39, 0.29) is 5.78 Å². The maximum absolute atomic E-state index is 11.5. The minimum atomic E-state index is 0.0161. The highest BCUT2D eigenvalue weighted by atomic mass is 32.1. The summed E-state index contributed by atoms with van der Waals surface area (Å²) in [6.07, 6.45) is 1.90. The summed E-state index contributed by atoms with van der Waals surface area (Å²) < 4.78 is 1.85. The molecule has 0 amide bonds. The zero-order valence-corrected chi connectivity index (χ0v) is 15.5. The highest BCUT2D eigenvalue weighted by Gasteiger charge is 2.05. The van der Waals surface area contributed by atoms with Gasteiger partial charge in [-0.3, -0.25) is 9.48 Å². The van der Waals surface area contributed by atoms with Crippen molar-refractivity contribution in [3.05, 3.63) is 77.5 Å². The molecule has 0 aliphatic rings. The molecule has 3 aromatic rings. The molecule has 1 heterocycles. The van der Waals surface area contributed by atoms with E-state index in [0.717, 1.165) is 5.69 Å². The number of aromatic nitrogens is 2. The summed E-state index contributed by atoms with van der Waals surface area (Å²) in [6.45, 7) is 4.30. The number of rotatable bonds is 5. The molecule has 26 heavy (non-hydrogen) atoms. The van der Waals surface area contributed by atoms with Crippen molar-refractivity contribution in [1.82, 2.24) is 9.78 Å². The molecule has 0 bridgehead atoms. The first kappa shape index (κ1) is 17.8. The van der Waals surface area contributed by atoms with Gasteiger partial charge in [0.05, 0.1) is 6.54 Å². The van der Waals surface area contributed by atoms with Gasteiger partial charge in [0.25, 0.3) is 0 Å². The fraction of sp³-hybridized carbons (Fsp3) is 0.150. The number of carbonyl (C=O) groups is 1. The van der Waals surface area contributed by atoms with Crippen LogP contribution in [0.15, 0.2) is 60.8 Å². The summed E-state index contributed by atoms with van der Waals surface area (Å²) in [7, 11) is 0. The molecule has 0 aliphatic heterocycles. The van der Waals surface area contributed by atoms with Crippen LogP contribution >= 0.6 is 12.2 Å². The topological polar surface area (TPSA) is 59.0 Å². The molecule has 2 N–H and O–H groups in total. The van der Waals surface area contributed by atoms with Gasteiger partial charge in [0.2, 0.25) is 0 Å². The van der Waals surface area contributed by atoms with Crippen LogP contribution in [0.25, 0.3) is 0 Å². The molecular formula is C20H20N4OS. The van der Waals surface area contributed by atoms with Gasteiger partial charge in [-0.05, 0) is 43.8 Å². The Labute approximate surface area is 158 Å². The number of aryl methyl sites for hydroxylation is 1. The second kappa shape index (κ2) is 7.93. The normalized spacial score (nSPS) is 10.4. The molecule has 0 atom stereocenters. The maximum Gasteiger partial charge on any atom is 0.176 e. The quantitative estimate of drug-likeness (QED) is 0.523. The summed E-state index contributed by atoms with van der Waals surface area (Å²) in [4.78, 5) is 11.5. The zero-order chi connectivity index (χ0) is 18.5. The molecule has 0 aliphatic carbocycles. The van der Waals surface area contributed by atoms with E-state index in [1.807, 2.05) is 29.1 Å². The molecule has 0 unspecified atom stereocenters. The zero-order valence-electron chi connectivity index (χ0n) is 14.7. The smallest absolute Gasteiger partial charge is 0.176 e. The van der Waals surface area contributed by atoms with Crippen molar-refractivity contribution in [3.63, 3.8) is 0 Å². The number of benzene rings is 2. The minimum absolute atomic E-state index is 0.0161. The molecule has 132 valence electrons. The van der Waals surface area contributed by atoms with Crippen molar-refractivity contribution in [2.75, 3.05) is 10.6 Å². The third kappa shape index (κ3) is 4.77. The van der Waals surface area contributed by atoms with Crippen molar-refractivity contribution in [2.24, 2.45) is 0 Å². The Morgan fingerprint density at radius 2 is 1.88 bits per heavy atom. The predicted octanol–water partition coefficient (Wildman–Crippen LogP) is 4.25. The number of hydrogen-bond donors (Lipinski definition) is 2. The molecule has 0 saturated heterocycles. The minimum Gasteiger partial charge on any atom is -0.332 e. The van der Waals surface area contributed by atoms with Gasteiger partial charge in [-0.15, -0.1) is 0 Å². The number of carbonyl (C=O) groups excluding carboxylic acids is 1. The summed E-state index contributed by atoms with van der Waals surface area (Å²) in [5.41, 5.74) is 3.82. The number of thiocarbonyl (C=S) groups is 1. The van der Waals surface area contributed by atoms with Crippen LogP contribution in [-0.2, 0) is 6.54 Å². The third-order valence-electron chi connectivity index (χ3n) is 3.87. The Morgan fingerprint density at radius 3 is 2.62 bits per heavy atom. The first-order valence-electron chi connectivity index (χ1n) is 8.27. The average Bonchev–Trinajstić information content (AvgIpc) is 3.04. The molecule has 3 rings (SSSR count). The number of nitrogens with zero attached hydrogens (tertiary/aromatic N) is 2. The largest absolute Gasteiger partial charge is 0.332 e. The fourth-order valence-corrected chi connectivity index (χ4v) is 2.71. The Morgan fingerprint density at radius 1 is 1.12 bits per heavy atom. The fourth-order valence-electron chi connectivity index (χ4n) is 2.49. The monoisotopic (exact) mass is 364 g/mol. The molecule has 5 nitrogen and oxygen atoms in total. The van der Waals surface area contributed by atoms with Crippen LogP contribution in [0.1, 0.15) is 28.4 Å². The van der Waals surface area contributed by atoms with E-state index in [4.69, 9.17) is 12.2 Å². The van der Waals surface area contributed by atoms with E-state index >= 15 is 0 Å². The first-order valence-corrected chi connectivity index (χ1v) is 8.68. The van der Waals surface area contributed by atoms with E-state index in [1.54, 1.807) is 12.1 Å². The van der Waals surface area contributed by atoms with E-state index in [9.17, 15) is 4.79 Å². The van der Waals surface area contributed by atoms with E-state index < -0.39 is 0 Å². The second-order valence-electron chi connectivity index (χ2n) is 6.10. The van der Waals surface area contributed by atoms with Gasteiger partial charge in [-0.2, -0.15) is 5.10 Å². The molecule has 2 aromatic carbocycles. The van der Waals surface area contributed by atoms with Gasteiger partial charge in [-0.25, -0.2) is 0 Å². The van der Waals surface area contributed by atoms with Crippen LogP contribution in [-0.4, -0.2) is 20.7 Å². The van der Waals surface area contributed by atoms with E-state index in [0.29, 0.717) is 23.0 Å². The lowest BCUT2D eigenvalue weighted by molar-refractivity contribution is 0.101. The predicted molar refractivity (Wildman–Crippen MR) is 109 cm³/mol. The van der Waals surface area contributed by atoms with Gasteiger partial charge in [0.1, 0.15) is 0 Å². The Hall–Kier alpha value is -2.99. The lowest BCUT2D eigenvalue weighted by Crippen LogP contribution is -2.19. The highest BCUT2D eigenvalue weighted by molar-refractivity contribution is 7.80.